The van der Waals surface area contributed by atoms with Crippen molar-refractivity contribution in [1.29, 1.82) is 0 Å². The number of hydrogen-bond donors (Lipinski definition) is 1. The summed E-state index contributed by atoms with van der Waals surface area (Å²) in [6.07, 6.45) is 0.907. The molecule has 1 N–H and O–H groups in total. The first-order chi connectivity index (χ1) is 12.7. The highest BCUT2D eigenvalue weighted by molar-refractivity contribution is 5.97. The first-order valence-electron chi connectivity index (χ1n) is 9.31. The fraction of sp³-hybridized carbons (Fsp3) is 0.381. The maximum Gasteiger partial charge on any atom is 0.241 e. The van der Waals surface area contributed by atoms with Crippen LogP contribution in [-0.4, -0.2) is 49.6 Å². The summed E-state index contributed by atoms with van der Waals surface area (Å²) in [5.41, 5.74) is 2.21. The van der Waals surface area contributed by atoms with E-state index in [-0.39, 0.29) is 18.3 Å². The zero-order valence-corrected chi connectivity index (χ0v) is 16.4. The van der Waals surface area contributed by atoms with Crippen molar-refractivity contribution in [1.82, 2.24) is 10.2 Å². The third-order valence-corrected chi connectivity index (χ3v) is 5.04. The topological polar surface area (TPSA) is 44.8 Å². The first-order valence-corrected chi connectivity index (χ1v) is 9.31. The third-order valence-electron chi connectivity index (χ3n) is 5.04. The molecule has 0 aromatic heterocycles. The van der Waals surface area contributed by atoms with Crippen LogP contribution >= 0.6 is 12.4 Å². The number of carbonyl (C=O) groups is 1. The van der Waals surface area contributed by atoms with Crippen LogP contribution in [0.2, 0.25) is 0 Å². The van der Waals surface area contributed by atoms with Crippen LogP contribution in [0.25, 0.3) is 0 Å². The second kappa shape index (κ2) is 8.74. The Labute approximate surface area is 166 Å². The molecule has 0 spiro atoms. The molecule has 2 aromatic rings. The smallest absolute Gasteiger partial charge is 0.241 e. The summed E-state index contributed by atoms with van der Waals surface area (Å²) in [5.74, 6) is 1.75. The normalized spacial score (nSPS) is 19.3. The molecule has 1 amide bonds. The number of rotatable bonds is 4. The SMILES string of the molecule is C[C@@H]1CN(CC(=O)N2CCc3ccc(Oc4ccccc4)cc32)CCN1.Cl. The molecule has 0 radical (unpaired) electrons. The number of carbonyl (C=O) groups excluding carboxylic acids is 1. The summed E-state index contributed by atoms with van der Waals surface area (Å²) >= 11 is 0. The number of ether oxygens (including phenoxy) is 1. The second-order valence-corrected chi connectivity index (χ2v) is 7.09. The number of anilines is 1. The Kier molecular flexibility index (Phi) is 6.37. The van der Waals surface area contributed by atoms with E-state index in [4.69, 9.17) is 4.74 Å². The highest BCUT2D eigenvalue weighted by Gasteiger charge is 2.27. The molecule has 0 aliphatic carbocycles. The molecule has 1 saturated heterocycles. The van der Waals surface area contributed by atoms with Gasteiger partial charge < -0.3 is 15.0 Å². The Morgan fingerprint density at radius 2 is 1.96 bits per heavy atom. The van der Waals surface area contributed by atoms with Gasteiger partial charge in [-0.3, -0.25) is 9.69 Å². The van der Waals surface area contributed by atoms with Gasteiger partial charge in [-0.1, -0.05) is 24.3 Å². The maximum atomic E-state index is 12.9. The summed E-state index contributed by atoms with van der Waals surface area (Å²) in [4.78, 5) is 17.0. The molecule has 1 fully saturated rings. The van der Waals surface area contributed by atoms with Crippen LogP contribution in [0.15, 0.2) is 48.5 Å². The zero-order chi connectivity index (χ0) is 17.9. The Balaban J connectivity index is 0.00000210. The van der Waals surface area contributed by atoms with Crippen LogP contribution in [0, 0.1) is 0 Å². The predicted molar refractivity (Wildman–Crippen MR) is 110 cm³/mol. The highest BCUT2D eigenvalue weighted by Crippen LogP contribution is 2.33. The number of nitrogens with zero attached hydrogens (tertiary/aromatic N) is 2. The van der Waals surface area contributed by atoms with Crippen molar-refractivity contribution in [3.05, 3.63) is 54.1 Å². The number of para-hydroxylation sites is 1. The third kappa shape index (κ3) is 4.61. The highest BCUT2D eigenvalue weighted by atomic mass is 35.5. The van der Waals surface area contributed by atoms with Crippen molar-refractivity contribution < 1.29 is 9.53 Å². The van der Waals surface area contributed by atoms with E-state index in [1.165, 1.54) is 5.56 Å². The van der Waals surface area contributed by atoms with E-state index in [2.05, 4.69) is 23.2 Å². The van der Waals surface area contributed by atoms with Crippen LogP contribution in [0.5, 0.6) is 11.5 Å². The van der Waals surface area contributed by atoms with E-state index in [9.17, 15) is 4.79 Å². The number of piperazine rings is 1. The summed E-state index contributed by atoms with van der Waals surface area (Å²) < 4.78 is 5.94. The fourth-order valence-corrected chi connectivity index (χ4v) is 3.74. The van der Waals surface area contributed by atoms with Gasteiger partial charge in [0.15, 0.2) is 0 Å². The Morgan fingerprint density at radius 1 is 1.15 bits per heavy atom. The van der Waals surface area contributed by atoms with E-state index in [1.807, 2.05) is 47.4 Å². The van der Waals surface area contributed by atoms with Crippen molar-refractivity contribution in [3.8, 4) is 11.5 Å². The van der Waals surface area contributed by atoms with Gasteiger partial charge in [0.25, 0.3) is 0 Å². The van der Waals surface area contributed by atoms with Gasteiger partial charge in [-0.25, -0.2) is 0 Å². The van der Waals surface area contributed by atoms with Crippen molar-refractivity contribution in [2.24, 2.45) is 0 Å². The predicted octanol–water partition coefficient (Wildman–Crippen LogP) is 3.08. The molecule has 6 heteroatoms. The minimum atomic E-state index is 0. The molecule has 27 heavy (non-hydrogen) atoms. The minimum absolute atomic E-state index is 0. The average Bonchev–Trinajstić information content (AvgIpc) is 3.06. The van der Waals surface area contributed by atoms with Gasteiger partial charge >= 0.3 is 0 Å². The number of benzene rings is 2. The number of nitrogens with one attached hydrogen (secondary N) is 1. The van der Waals surface area contributed by atoms with E-state index in [0.717, 1.165) is 49.8 Å². The lowest BCUT2D eigenvalue weighted by Gasteiger charge is -2.32. The number of amides is 1. The van der Waals surface area contributed by atoms with Gasteiger partial charge in [-0.15, -0.1) is 12.4 Å². The van der Waals surface area contributed by atoms with Crippen LogP contribution < -0.4 is 15.0 Å². The van der Waals surface area contributed by atoms with Crippen molar-refractivity contribution in [2.75, 3.05) is 37.6 Å². The molecule has 0 unspecified atom stereocenters. The van der Waals surface area contributed by atoms with E-state index in [0.29, 0.717) is 12.6 Å². The van der Waals surface area contributed by atoms with Gasteiger partial charge in [0.05, 0.1) is 12.2 Å². The fourth-order valence-electron chi connectivity index (χ4n) is 3.74. The minimum Gasteiger partial charge on any atom is -0.457 e. The van der Waals surface area contributed by atoms with Gasteiger partial charge in [0.2, 0.25) is 5.91 Å². The largest absolute Gasteiger partial charge is 0.457 e. The number of fused-ring (bicyclic) bond motifs is 1. The lowest BCUT2D eigenvalue weighted by Crippen LogP contribution is -2.52. The molecule has 1 atom stereocenters. The summed E-state index contributed by atoms with van der Waals surface area (Å²) in [5, 5.41) is 3.42. The van der Waals surface area contributed by atoms with Crippen LogP contribution in [0.1, 0.15) is 12.5 Å². The summed E-state index contributed by atoms with van der Waals surface area (Å²) in [6.45, 7) is 6.19. The number of hydrogen-bond acceptors (Lipinski definition) is 4. The van der Waals surface area contributed by atoms with E-state index >= 15 is 0 Å². The molecular weight excluding hydrogens is 362 g/mol. The van der Waals surface area contributed by atoms with Gasteiger partial charge in [0, 0.05) is 38.3 Å². The maximum absolute atomic E-state index is 12.9. The molecule has 2 aliphatic rings. The first kappa shape index (κ1) is 19.7. The molecule has 2 aromatic carbocycles. The second-order valence-electron chi connectivity index (χ2n) is 7.09. The van der Waals surface area contributed by atoms with Crippen molar-refractivity contribution in [3.63, 3.8) is 0 Å². The lowest BCUT2D eigenvalue weighted by molar-refractivity contribution is -0.119. The van der Waals surface area contributed by atoms with Crippen LogP contribution in [-0.2, 0) is 11.2 Å². The molecule has 2 heterocycles. The van der Waals surface area contributed by atoms with Gasteiger partial charge in [0.1, 0.15) is 11.5 Å². The quantitative estimate of drug-likeness (QED) is 0.875. The van der Waals surface area contributed by atoms with Crippen LogP contribution in [0.4, 0.5) is 5.69 Å². The monoisotopic (exact) mass is 387 g/mol. The Bertz CT molecular complexity index is 784. The van der Waals surface area contributed by atoms with Gasteiger partial charge in [-0.2, -0.15) is 0 Å². The Morgan fingerprint density at radius 3 is 2.74 bits per heavy atom. The average molecular weight is 388 g/mol. The van der Waals surface area contributed by atoms with Crippen molar-refractivity contribution >= 4 is 24.0 Å². The molecule has 144 valence electrons. The number of halogens is 1. The van der Waals surface area contributed by atoms with E-state index < -0.39 is 0 Å². The summed E-state index contributed by atoms with van der Waals surface area (Å²) in [7, 11) is 0. The van der Waals surface area contributed by atoms with E-state index in [1.54, 1.807) is 0 Å². The Hall–Kier alpha value is -2.08. The van der Waals surface area contributed by atoms with Crippen molar-refractivity contribution in [2.45, 2.75) is 19.4 Å². The summed E-state index contributed by atoms with van der Waals surface area (Å²) in [6, 6.07) is 16.2. The van der Waals surface area contributed by atoms with Gasteiger partial charge in [-0.05, 0) is 37.1 Å². The molecule has 5 nitrogen and oxygen atoms in total. The van der Waals surface area contributed by atoms with Crippen LogP contribution in [0.3, 0.4) is 0 Å². The zero-order valence-electron chi connectivity index (χ0n) is 15.6. The lowest BCUT2D eigenvalue weighted by atomic mass is 10.1. The molecular formula is C21H26ClN3O2. The molecule has 2 aliphatic heterocycles. The standard InChI is InChI=1S/C21H25N3O2.ClH/c1-16-14-23(12-10-22-16)15-21(25)24-11-9-17-7-8-19(13-20(17)24)26-18-5-3-2-4-6-18;/h2-8,13,16,22H,9-12,14-15H2,1H3;1H/t16-;/m1./s1. The molecule has 0 saturated carbocycles. The molecule has 4 rings (SSSR count). The molecule has 0 bridgehead atoms.